The molecule has 0 aliphatic heterocycles. The zero-order valence-electron chi connectivity index (χ0n) is 11.5. The van der Waals surface area contributed by atoms with E-state index in [-0.39, 0.29) is 6.03 Å². The Bertz CT molecular complexity index is 611. The van der Waals surface area contributed by atoms with E-state index in [1.54, 1.807) is 29.5 Å². The molecule has 0 fully saturated rings. The van der Waals surface area contributed by atoms with Crippen molar-refractivity contribution in [3.63, 3.8) is 0 Å². The lowest BCUT2D eigenvalue weighted by molar-refractivity contribution is 0.1000. The first-order chi connectivity index (χ1) is 10.1. The summed E-state index contributed by atoms with van der Waals surface area (Å²) in [5.41, 5.74) is 6.48. The third kappa shape index (κ3) is 4.92. The van der Waals surface area contributed by atoms with Crippen molar-refractivity contribution in [2.45, 2.75) is 13.0 Å². The number of nitrogens with two attached hydrogens (primary N) is 1. The normalized spacial score (nSPS) is 10.1. The van der Waals surface area contributed by atoms with Crippen molar-refractivity contribution in [3.05, 3.63) is 57.8 Å². The molecule has 5 nitrogen and oxygen atoms in total. The summed E-state index contributed by atoms with van der Waals surface area (Å²) in [6.07, 6.45) is 0.822. The SMILES string of the molecule is NC(=O)c1cccc(CNC(=O)NCCc2cccs2)c1. The molecule has 0 atom stereocenters. The Hall–Kier alpha value is -2.34. The molecule has 0 unspecified atom stereocenters. The first kappa shape index (κ1) is 15.1. The lowest BCUT2D eigenvalue weighted by Gasteiger charge is -2.08. The van der Waals surface area contributed by atoms with Crippen LogP contribution in [0.3, 0.4) is 0 Å². The number of carbonyl (C=O) groups is 2. The van der Waals surface area contributed by atoms with Crippen molar-refractivity contribution in [2.75, 3.05) is 6.54 Å². The molecule has 6 heteroatoms. The average Bonchev–Trinajstić information content (AvgIpc) is 2.99. The second-order valence-corrected chi connectivity index (χ2v) is 5.54. The molecule has 1 heterocycles. The van der Waals surface area contributed by atoms with Gasteiger partial charge in [-0.3, -0.25) is 4.79 Å². The molecule has 1 aromatic heterocycles. The summed E-state index contributed by atoms with van der Waals surface area (Å²) in [4.78, 5) is 24.0. The topological polar surface area (TPSA) is 84.2 Å². The maximum Gasteiger partial charge on any atom is 0.315 e. The summed E-state index contributed by atoms with van der Waals surface area (Å²) in [5.74, 6) is -0.475. The highest BCUT2D eigenvalue weighted by atomic mass is 32.1. The number of benzene rings is 1. The molecule has 2 aromatic rings. The molecule has 0 radical (unpaired) electrons. The summed E-state index contributed by atoms with van der Waals surface area (Å²) in [7, 11) is 0. The average molecular weight is 303 g/mol. The summed E-state index contributed by atoms with van der Waals surface area (Å²) in [6, 6.07) is 10.7. The van der Waals surface area contributed by atoms with Crippen LogP contribution in [0.4, 0.5) is 4.79 Å². The van der Waals surface area contributed by atoms with Crippen LogP contribution in [0.2, 0.25) is 0 Å². The van der Waals surface area contributed by atoms with E-state index < -0.39 is 5.91 Å². The van der Waals surface area contributed by atoms with E-state index in [2.05, 4.69) is 10.6 Å². The van der Waals surface area contributed by atoms with Gasteiger partial charge in [0.2, 0.25) is 5.91 Å². The zero-order valence-corrected chi connectivity index (χ0v) is 12.3. The van der Waals surface area contributed by atoms with Gasteiger partial charge in [0.15, 0.2) is 0 Å². The Labute approximate surface area is 127 Å². The Kier molecular flexibility index (Phi) is 5.34. The van der Waals surface area contributed by atoms with E-state index in [0.29, 0.717) is 18.7 Å². The molecule has 3 amide bonds. The van der Waals surface area contributed by atoms with Crippen LogP contribution in [0.5, 0.6) is 0 Å². The maximum atomic E-state index is 11.7. The minimum absolute atomic E-state index is 0.226. The highest BCUT2D eigenvalue weighted by molar-refractivity contribution is 7.09. The first-order valence-electron chi connectivity index (χ1n) is 6.58. The van der Waals surface area contributed by atoms with E-state index in [0.717, 1.165) is 12.0 Å². The molecule has 0 spiro atoms. The Morgan fingerprint density at radius 1 is 1.14 bits per heavy atom. The number of amides is 3. The molecule has 0 aliphatic rings. The van der Waals surface area contributed by atoms with Crippen LogP contribution in [0.15, 0.2) is 41.8 Å². The summed E-state index contributed by atoms with van der Waals surface area (Å²) < 4.78 is 0. The highest BCUT2D eigenvalue weighted by Gasteiger charge is 2.03. The van der Waals surface area contributed by atoms with E-state index in [1.165, 1.54) is 4.88 Å². The van der Waals surface area contributed by atoms with E-state index in [9.17, 15) is 9.59 Å². The van der Waals surface area contributed by atoms with Crippen LogP contribution in [0, 0.1) is 0 Å². The quantitative estimate of drug-likeness (QED) is 0.761. The van der Waals surface area contributed by atoms with Crippen LogP contribution in [0.1, 0.15) is 20.8 Å². The number of nitrogens with one attached hydrogen (secondary N) is 2. The molecule has 110 valence electrons. The molecule has 0 saturated heterocycles. The number of thiophene rings is 1. The molecule has 21 heavy (non-hydrogen) atoms. The maximum absolute atomic E-state index is 11.7. The number of rotatable bonds is 6. The Morgan fingerprint density at radius 2 is 2.00 bits per heavy atom. The van der Waals surface area contributed by atoms with Crippen molar-refractivity contribution in [3.8, 4) is 0 Å². The number of urea groups is 1. The molecule has 0 saturated carbocycles. The molecule has 4 N–H and O–H groups in total. The van der Waals surface area contributed by atoms with Crippen LogP contribution in [0.25, 0.3) is 0 Å². The number of hydrogen-bond acceptors (Lipinski definition) is 3. The van der Waals surface area contributed by atoms with Crippen molar-refractivity contribution in [1.82, 2.24) is 10.6 Å². The summed E-state index contributed by atoms with van der Waals surface area (Å²) >= 11 is 1.67. The van der Waals surface area contributed by atoms with E-state index in [1.807, 2.05) is 23.6 Å². The highest BCUT2D eigenvalue weighted by Crippen LogP contribution is 2.08. The van der Waals surface area contributed by atoms with Gasteiger partial charge >= 0.3 is 6.03 Å². The van der Waals surface area contributed by atoms with Crippen LogP contribution in [-0.2, 0) is 13.0 Å². The van der Waals surface area contributed by atoms with Crippen LogP contribution in [-0.4, -0.2) is 18.5 Å². The van der Waals surface area contributed by atoms with Gasteiger partial charge in [0.05, 0.1) is 0 Å². The van der Waals surface area contributed by atoms with Crippen molar-refractivity contribution in [2.24, 2.45) is 5.73 Å². The predicted octanol–water partition coefficient (Wildman–Crippen LogP) is 1.89. The van der Waals surface area contributed by atoms with Crippen LogP contribution >= 0.6 is 11.3 Å². The third-order valence-electron chi connectivity index (χ3n) is 2.90. The van der Waals surface area contributed by atoms with Gasteiger partial charge in [0.25, 0.3) is 0 Å². The smallest absolute Gasteiger partial charge is 0.315 e. The monoisotopic (exact) mass is 303 g/mol. The second kappa shape index (κ2) is 7.44. The van der Waals surface area contributed by atoms with Gasteiger partial charge in [0, 0.05) is 23.5 Å². The molecule has 0 bridgehead atoms. The molecule has 1 aromatic carbocycles. The van der Waals surface area contributed by atoms with Gasteiger partial charge in [-0.2, -0.15) is 0 Å². The van der Waals surface area contributed by atoms with Gasteiger partial charge in [-0.15, -0.1) is 11.3 Å². The number of hydrogen-bond donors (Lipinski definition) is 3. The standard InChI is InChI=1S/C15H17N3O2S/c16-14(19)12-4-1-3-11(9-12)10-18-15(20)17-7-6-13-5-2-8-21-13/h1-5,8-9H,6-7,10H2,(H2,16,19)(H2,17,18,20). The van der Waals surface area contributed by atoms with Gasteiger partial charge in [0.1, 0.15) is 0 Å². The lowest BCUT2D eigenvalue weighted by Crippen LogP contribution is -2.36. The molecule has 0 aliphatic carbocycles. The zero-order chi connectivity index (χ0) is 15.1. The van der Waals surface area contributed by atoms with Gasteiger partial charge in [-0.05, 0) is 35.6 Å². The molecule has 2 rings (SSSR count). The number of primary amides is 1. The fourth-order valence-electron chi connectivity index (χ4n) is 1.83. The van der Waals surface area contributed by atoms with Crippen molar-refractivity contribution >= 4 is 23.3 Å². The summed E-state index contributed by atoms with van der Waals surface area (Å²) in [6.45, 7) is 0.944. The van der Waals surface area contributed by atoms with E-state index in [4.69, 9.17) is 5.73 Å². The summed E-state index contributed by atoms with van der Waals surface area (Å²) in [5, 5.41) is 7.55. The Morgan fingerprint density at radius 3 is 2.71 bits per heavy atom. The Balaban J connectivity index is 1.73. The minimum atomic E-state index is -0.475. The van der Waals surface area contributed by atoms with Gasteiger partial charge < -0.3 is 16.4 Å². The first-order valence-corrected chi connectivity index (χ1v) is 7.46. The third-order valence-corrected chi connectivity index (χ3v) is 3.84. The van der Waals surface area contributed by atoms with E-state index >= 15 is 0 Å². The molecular formula is C15H17N3O2S. The van der Waals surface area contributed by atoms with Crippen molar-refractivity contribution < 1.29 is 9.59 Å². The predicted molar refractivity (Wildman–Crippen MR) is 83.2 cm³/mol. The largest absolute Gasteiger partial charge is 0.366 e. The van der Waals surface area contributed by atoms with Gasteiger partial charge in [-0.1, -0.05) is 18.2 Å². The lowest BCUT2D eigenvalue weighted by atomic mass is 10.1. The van der Waals surface area contributed by atoms with Crippen LogP contribution < -0.4 is 16.4 Å². The fourth-order valence-corrected chi connectivity index (χ4v) is 2.54. The van der Waals surface area contributed by atoms with Gasteiger partial charge in [-0.25, -0.2) is 4.79 Å². The molecular weight excluding hydrogens is 286 g/mol. The minimum Gasteiger partial charge on any atom is -0.366 e. The number of carbonyl (C=O) groups excluding carboxylic acids is 2. The second-order valence-electron chi connectivity index (χ2n) is 4.50. The van der Waals surface area contributed by atoms with Crippen molar-refractivity contribution in [1.29, 1.82) is 0 Å². The fraction of sp³-hybridized carbons (Fsp3) is 0.200.